The van der Waals surface area contributed by atoms with Crippen LogP contribution < -0.4 is 35.8 Å². The van der Waals surface area contributed by atoms with E-state index in [9.17, 15) is 0 Å². The lowest BCUT2D eigenvalue weighted by Crippen LogP contribution is -2.59. The molecule has 0 amide bonds. The Labute approximate surface area is 451 Å². The van der Waals surface area contributed by atoms with Crippen LogP contribution in [-0.2, 0) is 0 Å². The van der Waals surface area contributed by atoms with Crippen molar-refractivity contribution in [1.29, 1.82) is 0 Å². The molecule has 0 bridgehead atoms. The van der Waals surface area contributed by atoms with Gasteiger partial charge in [-0.2, -0.15) is 0 Å². The highest BCUT2D eigenvalue weighted by atomic mass is 16.5. The lowest BCUT2D eigenvalue weighted by Gasteiger charge is -2.41. The van der Waals surface area contributed by atoms with Crippen LogP contribution in [-0.4, -0.2) is 6.71 Å². The van der Waals surface area contributed by atoms with Gasteiger partial charge in [-0.3, -0.25) is 0 Å². The molecule has 0 saturated carbocycles. The fraction of sp³-hybridized carbons (Fsp3) is 0.0423. The third kappa shape index (κ3) is 6.58. The number of aryl methyl sites for hydroxylation is 3. The molecule has 78 heavy (non-hydrogen) atoms. The molecular formula is C71H48BN3O3. The minimum absolute atomic E-state index is 0.217. The Balaban J connectivity index is 0.950. The van der Waals surface area contributed by atoms with Crippen LogP contribution in [0.25, 0.3) is 65.4 Å². The normalized spacial score (nSPS) is 12.6. The number of nitrogens with zero attached hydrogens (tertiary/aromatic N) is 3. The summed E-state index contributed by atoms with van der Waals surface area (Å²) in [5.74, 6) is 1.65. The fourth-order valence-corrected chi connectivity index (χ4v) is 13.2. The van der Waals surface area contributed by atoms with Crippen molar-refractivity contribution in [2.45, 2.75) is 20.8 Å². The molecule has 0 unspecified atom stereocenters. The van der Waals surface area contributed by atoms with Gasteiger partial charge in [0.25, 0.3) is 6.71 Å². The van der Waals surface area contributed by atoms with Crippen molar-refractivity contribution in [1.82, 2.24) is 0 Å². The van der Waals surface area contributed by atoms with Gasteiger partial charge in [-0.05, 0) is 144 Å². The van der Waals surface area contributed by atoms with E-state index in [-0.39, 0.29) is 6.71 Å². The molecule has 6 nitrogen and oxygen atoms in total. The minimum atomic E-state index is -0.217. The fourth-order valence-electron chi connectivity index (χ4n) is 13.2. The van der Waals surface area contributed by atoms with Gasteiger partial charge in [-0.15, -0.1) is 0 Å². The van der Waals surface area contributed by atoms with Gasteiger partial charge in [0.15, 0.2) is 0 Å². The zero-order valence-corrected chi connectivity index (χ0v) is 43.2. The Morgan fingerprint density at radius 3 is 1.31 bits per heavy atom. The number of anilines is 9. The molecule has 7 heteroatoms. The quantitative estimate of drug-likeness (QED) is 0.148. The summed E-state index contributed by atoms with van der Waals surface area (Å²) in [4.78, 5) is 7.16. The Hall–Kier alpha value is -9.98. The van der Waals surface area contributed by atoms with Crippen molar-refractivity contribution < 1.29 is 13.6 Å². The molecule has 16 rings (SSSR count). The molecule has 14 aromatic rings. The summed E-state index contributed by atoms with van der Waals surface area (Å²) in [7, 11) is 0. The number of ether oxygens (including phenoxy) is 1. The average molecular weight is 1000 g/mol. The number of para-hydroxylation sites is 4. The van der Waals surface area contributed by atoms with Crippen LogP contribution in [0.15, 0.2) is 245 Å². The molecule has 4 heterocycles. The molecule has 0 spiro atoms. The van der Waals surface area contributed by atoms with Crippen molar-refractivity contribution in [2.75, 3.05) is 14.7 Å². The molecular weight excluding hydrogens is 954 g/mol. The van der Waals surface area contributed by atoms with Crippen LogP contribution >= 0.6 is 0 Å². The molecule has 0 aliphatic carbocycles. The second-order valence-corrected chi connectivity index (χ2v) is 20.9. The first-order valence-electron chi connectivity index (χ1n) is 26.8. The van der Waals surface area contributed by atoms with Gasteiger partial charge in [-0.25, -0.2) is 0 Å². The summed E-state index contributed by atoms with van der Waals surface area (Å²) in [6.45, 7) is 6.44. The Kier molecular flexibility index (Phi) is 9.67. The summed E-state index contributed by atoms with van der Waals surface area (Å²) in [5, 5.41) is 8.72. The van der Waals surface area contributed by atoms with E-state index in [1.54, 1.807) is 0 Å². The lowest BCUT2D eigenvalue weighted by atomic mass is 9.34. The first kappa shape index (κ1) is 44.3. The van der Waals surface area contributed by atoms with E-state index in [1.807, 2.05) is 0 Å². The van der Waals surface area contributed by atoms with Gasteiger partial charge in [0.1, 0.15) is 33.8 Å². The monoisotopic (exact) mass is 1000 g/mol. The number of furan rings is 2. The zero-order chi connectivity index (χ0) is 51.8. The predicted molar refractivity (Wildman–Crippen MR) is 325 cm³/mol. The molecule has 0 saturated heterocycles. The summed E-state index contributed by atoms with van der Waals surface area (Å²) < 4.78 is 21.6. The van der Waals surface area contributed by atoms with Gasteiger partial charge in [0.2, 0.25) is 0 Å². The third-order valence-corrected chi connectivity index (χ3v) is 16.2. The Bertz CT molecular complexity index is 4660. The van der Waals surface area contributed by atoms with Crippen LogP contribution in [0.5, 0.6) is 11.5 Å². The third-order valence-electron chi connectivity index (χ3n) is 16.2. The van der Waals surface area contributed by atoms with Crippen LogP contribution in [0.1, 0.15) is 16.7 Å². The molecule has 2 aromatic heterocycles. The molecule has 0 N–H and O–H groups in total. The number of benzene rings is 12. The largest absolute Gasteiger partial charge is 0.458 e. The summed E-state index contributed by atoms with van der Waals surface area (Å²) in [5.41, 5.74) is 19.9. The number of hydrogen-bond acceptors (Lipinski definition) is 6. The Morgan fingerprint density at radius 2 is 0.808 bits per heavy atom. The zero-order valence-electron chi connectivity index (χ0n) is 43.2. The number of hydrogen-bond donors (Lipinski definition) is 0. The Morgan fingerprint density at radius 1 is 0.359 bits per heavy atom. The highest BCUT2D eigenvalue weighted by Crippen LogP contribution is 2.50. The smallest absolute Gasteiger partial charge is 0.256 e. The van der Waals surface area contributed by atoms with Gasteiger partial charge < -0.3 is 28.3 Å². The lowest BCUT2D eigenvalue weighted by molar-refractivity contribution is 0.488. The highest BCUT2D eigenvalue weighted by Gasteiger charge is 2.43. The maximum Gasteiger partial charge on any atom is 0.256 e. The van der Waals surface area contributed by atoms with Gasteiger partial charge >= 0.3 is 0 Å². The SMILES string of the molecule is Cc1cc(C)c(N2c3cc4c(cc3B3c5cc6oc7cc(N(c8ccccc8)c8ccccc8)c8ccccc8c7c6cc5Oc5cccc2c53)oc2cc(N(c3ccccc3)c3ccccc3)c3ccccc3c24)c(C)c1. The van der Waals surface area contributed by atoms with Crippen molar-refractivity contribution in [3.05, 3.63) is 253 Å². The van der Waals surface area contributed by atoms with Crippen LogP contribution in [0.4, 0.5) is 51.2 Å². The topological polar surface area (TPSA) is 45.2 Å². The van der Waals surface area contributed by atoms with Crippen molar-refractivity contribution in [3.63, 3.8) is 0 Å². The molecule has 0 fully saturated rings. The van der Waals surface area contributed by atoms with E-state index in [2.05, 4.69) is 272 Å². The maximum absolute atomic E-state index is 7.26. The molecule has 368 valence electrons. The van der Waals surface area contributed by atoms with E-state index in [4.69, 9.17) is 13.6 Å². The number of rotatable bonds is 7. The second kappa shape index (κ2) is 17.0. The van der Waals surface area contributed by atoms with Crippen LogP contribution in [0.3, 0.4) is 0 Å². The minimum Gasteiger partial charge on any atom is -0.458 e. The second-order valence-electron chi connectivity index (χ2n) is 20.9. The first-order chi connectivity index (χ1) is 38.4. The van der Waals surface area contributed by atoms with Crippen LogP contribution in [0, 0.1) is 20.8 Å². The standard InChI is InChI=1S/C71H48BN3O3/c1-43-35-44(2)71(45(3)36-43)75-58-33-20-34-62-70(58)72(56-39-63-54(37-61(56)75)68-52-31-18-16-29-50(52)59(41-66(68)77-63)73(46-21-8-4-9-22-46)47-23-10-5-11-24-47)57-40-64-55(38-65(57)76-62)69-53-32-19-17-30-51(53)60(42-67(69)78-64)74(48-25-12-6-13-26-48)49-27-14-7-15-28-49/h4-42H,1-3H3. The van der Waals surface area contributed by atoms with Gasteiger partial charge in [-0.1, -0.05) is 145 Å². The molecule has 0 radical (unpaired) electrons. The molecule has 2 aliphatic heterocycles. The first-order valence-corrected chi connectivity index (χ1v) is 26.8. The summed E-state index contributed by atoms with van der Waals surface area (Å²) in [6, 6.07) is 84.6. The van der Waals surface area contributed by atoms with Gasteiger partial charge in [0.05, 0.1) is 17.1 Å². The van der Waals surface area contributed by atoms with E-state index in [0.717, 1.165) is 144 Å². The van der Waals surface area contributed by atoms with E-state index < -0.39 is 0 Å². The summed E-state index contributed by atoms with van der Waals surface area (Å²) >= 11 is 0. The summed E-state index contributed by atoms with van der Waals surface area (Å²) in [6.07, 6.45) is 0. The number of fused-ring (bicyclic) bond motifs is 14. The van der Waals surface area contributed by atoms with E-state index in [1.165, 1.54) is 16.7 Å². The van der Waals surface area contributed by atoms with Crippen LogP contribution in [0.2, 0.25) is 0 Å². The van der Waals surface area contributed by atoms with Crippen molar-refractivity contribution in [3.8, 4) is 11.5 Å². The van der Waals surface area contributed by atoms with Crippen molar-refractivity contribution >= 4 is 140 Å². The molecule has 2 aliphatic rings. The van der Waals surface area contributed by atoms with Gasteiger partial charge in [0, 0.05) is 78.6 Å². The molecule has 0 atom stereocenters. The van der Waals surface area contributed by atoms with E-state index in [0.29, 0.717) is 0 Å². The molecule has 12 aromatic carbocycles. The predicted octanol–water partition coefficient (Wildman–Crippen LogP) is 18.1. The average Bonchev–Trinajstić information content (AvgIpc) is 4.18. The van der Waals surface area contributed by atoms with E-state index >= 15 is 0 Å². The maximum atomic E-state index is 7.26. The highest BCUT2D eigenvalue weighted by molar-refractivity contribution is 6.99. The van der Waals surface area contributed by atoms with Crippen molar-refractivity contribution in [2.24, 2.45) is 0 Å².